The summed E-state index contributed by atoms with van der Waals surface area (Å²) in [7, 11) is 5.75. The molecule has 2 aliphatic heterocycles. The van der Waals surface area contributed by atoms with Gasteiger partial charge in [-0.05, 0) is 52.2 Å². The van der Waals surface area contributed by atoms with Gasteiger partial charge in [-0.25, -0.2) is 9.40 Å². The Labute approximate surface area is 189 Å². The minimum Gasteiger partial charge on any atom is -0.496 e. The second kappa shape index (κ2) is 9.79. The molecule has 1 atom stereocenters. The third-order valence-corrected chi connectivity index (χ3v) is 6.54. The van der Waals surface area contributed by atoms with Crippen LogP contribution in [0.4, 0.5) is 4.39 Å². The van der Waals surface area contributed by atoms with Gasteiger partial charge in [-0.3, -0.25) is 9.69 Å². The van der Waals surface area contributed by atoms with Crippen molar-refractivity contribution in [1.29, 1.82) is 0 Å². The van der Waals surface area contributed by atoms with Crippen LogP contribution in [-0.2, 0) is 4.79 Å². The van der Waals surface area contributed by atoms with E-state index in [1.807, 2.05) is 31.3 Å². The fourth-order valence-corrected chi connectivity index (χ4v) is 4.63. The Hall–Kier alpha value is -2.77. The maximum atomic E-state index is 14.5. The summed E-state index contributed by atoms with van der Waals surface area (Å²) in [5.74, 6) is 0.278. The van der Waals surface area contributed by atoms with E-state index in [1.165, 1.54) is 11.1 Å². The molecule has 1 saturated heterocycles. The van der Waals surface area contributed by atoms with Crippen molar-refractivity contribution in [3.05, 3.63) is 65.5 Å². The fraction of sp³-hybridized carbons (Fsp3) is 0.440. The summed E-state index contributed by atoms with van der Waals surface area (Å²) in [4.78, 5) is 17.9. The van der Waals surface area contributed by atoms with Crippen LogP contribution < -0.4 is 4.74 Å². The number of hydrogen-bond acceptors (Lipinski definition) is 5. The highest BCUT2D eigenvalue weighted by Crippen LogP contribution is 2.37. The van der Waals surface area contributed by atoms with Crippen LogP contribution in [0.1, 0.15) is 36.4 Å². The number of para-hydroxylation sites is 1. The molecule has 0 bridgehead atoms. The number of carbonyl (C=O) groups excluding carboxylic acids is 1. The van der Waals surface area contributed by atoms with E-state index in [4.69, 9.17) is 4.74 Å². The van der Waals surface area contributed by atoms with E-state index in [2.05, 4.69) is 21.9 Å². The molecular formula is C25H31FN4O2. The number of likely N-dealkylation sites (tertiary alicyclic amines) is 1. The van der Waals surface area contributed by atoms with E-state index < -0.39 is 0 Å². The van der Waals surface area contributed by atoms with Crippen LogP contribution in [-0.4, -0.2) is 73.3 Å². The number of benzene rings is 2. The first-order valence-corrected chi connectivity index (χ1v) is 11.1. The van der Waals surface area contributed by atoms with Crippen LogP contribution in [0.15, 0.2) is 53.6 Å². The van der Waals surface area contributed by atoms with Crippen molar-refractivity contribution in [3.63, 3.8) is 0 Å². The molecule has 32 heavy (non-hydrogen) atoms. The zero-order valence-electron chi connectivity index (χ0n) is 19.0. The topological polar surface area (TPSA) is 48.4 Å². The number of carbonyl (C=O) groups is 1. The number of methoxy groups -OCH3 is 1. The van der Waals surface area contributed by atoms with Gasteiger partial charge in [0.2, 0.25) is 0 Å². The first-order chi connectivity index (χ1) is 15.5. The predicted molar refractivity (Wildman–Crippen MR) is 123 cm³/mol. The monoisotopic (exact) mass is 438 g/mol. The Morgan fingerprint density at radius 1 is 1.16 bits per heavy atom. The van der Waals surface area contributed by atoms with Gasteiger partial charge in [0, 0.05) is 23.6 Å². The largest absolute Gasteiger partial charge is 0.496 e. The fourth-order valence-electron chi connectivity index (χ4n) is 4.63. The summed E-state index contributed by atoms with van der Waals surface area (Å²) in [6.07, 6.45) is 2.52. The second-order valence-corrected chi connectivity index (χ2v) is 8.68. The van der Waals surface area contributed by atoms with Crippen LogP contribution in [0.25, 0.3) is 0 Å². The van der Waals surface area contributed by atoms with Crippen molar-refractivity contribution in [3.8, 4) is 5.75 Å². The van der Waals surface area contributed by atoms with Crippen LogP contribution in [0.3, 0.4) is 0 Å². The molecule has 170 valence electrons. The van der Waals surface area contributed by atoms with Crippen LogP contribution in [0.2, 0.25) is 0 Å². The highest BCUT2D eigenvalue weighted by molar-refractivity contribution is 6.03. The molecule has 7 heteroatoms. The first-order valence-electron chi connectivity index (χ1n) is 11.1. The first kappa shape index (κ1) is 22.4. The summed E-state index contributed by atoms with van der Waals surface area (Å²) in [5, 5.41) is 6.17. The van der Waals surface area contributed by atoms with E-state index in [9.17, 15) is 9.18 Å². The molecule has 4 rings (SSSR count). The highest BCUT2D eigenvalue weighted by atomic mass is 19.1. The van der Waals surface area contributed by atoms with E-state index in [0.717, 1.165) is 31.5 Å². The summed E-state index contributed by atoms with van der Waals surface area (Å²) in [5.41, 5.74) is 1.89. The molecule has 0 aliphatic carbocycles. The molecule has 6 nitrogen and oxygen atoms in total. The van der Waals surface area contributed by atoms with Gasteiger partial charge in [-0.1, -0.05) is 36.4 Å². The molecule has 2 heterocycles. The average Bonchev–Trinajstić information content (AvgIpc) is 3.25. The lowest BCUT2D eigenvalue weighted by Gasteiger charge is -2.35. The van der Waals surface area contributed by atoms with Gasteiger partial charge < -0.3 is 9.64 Å². The lowest BCUT2D eigenvalue weighted by atomic mass is 9.97. The smallest absolute Gasteiger partial charge is 0.257 e. The lowest BCUT2D eigenvalue weighted by Crippen LogP contribution is -2.46. The lowest BCUT2D eigenvalue weighted by molar-refractivity contribution is -0.134. The van der Waals surface area contributed by atoms with Crippen molar-refractivity contribution in [2.24, 2.45) is 5.10 Å². The Bertz CT molecular complexity index is 987. The van der Waals surface area contributed by atoms with Gasteiger partial charge in [0.25, 0.3) is 5.91 Å². The van der Waals surface area contributed by atoms with E-state index >= 15 is 0 Å². The van der Waals surface area contributed by atoms with Crippen LogP contribution in [0.5, 0.6) is 5.75 Å². The Balaban J connectivity index is 1.60. The van der Waals surface area contributed by atoms with Crippen molar-refractivity contribution >= 4 is 11.6 Å². The number of ether oxygens (including phenoxy) is 1. The summed E-state index contributed by atoms with van der Waals surface area (Å²) in [6.45, 7) is 2.34. The van der Waals surface area contributed by atoms with Crippen LogP contribution >= 0.6 is 0 Å². The maximum absolute atomic E-state index is 14.5. The van der Waals surface area contributed by atoms with E-state index in [-0.39, 0.29) is 24.3 Å². The Morgan fingerprint density at radius 2 is 1.84 bits per heavy atom. The Kier molecular flexibility index (Phi) is 6.86. The molecule has 0 N–H and O–H groups in total. The summed E-state index contributed by atoms with van der Waals surface area (Å²) in [6, 6.07) is 14.3. The van der Waals surface area contributed by atoms with Crippen molar-refractivity contribution in [1.82, 2.24) is 14.8 Å². The van der Waals surface area contributed by atoms with Crippen molar-refractivity contribution in [2.45, 2.75) is 31.3 Å². The van der Waals surface area contributed by atoms with Gasteiger partial charge in [0.15, 0.2) is 0 Å². The van der Waals surface area contributed by atoms with Crippen LogP contribution in [0, 0.1) is 5.82 Å². The maximum Gasteiger partial charge on any atom is 0.257 e. The number of nitrogens with zero attached hydrogens (tertiary/aromatic N) is 4. The number of rotatable bonds is 6. The minimum absolute atomic E-state index is 0.0892. The van der Waals surface area contributed by atoms with E-state index in [1.54, 1.807) is 25.3 Å². The number of halogens is 1. The van der Waals surface area contributed by atoms with E-state index in [0.29, 0.717) is 29.5 Å². The van der Waals surface area contributed by atoms with Crippen molar-refractivity contribution in [2.75, 3.05) is 40.8 Å². The standard InChI is InChI=1S/C25H31FN4O2/c1-28-14-12-18(13-15-28)29(2)17-25(31)30-23(20-9-5-7-11-24(20)32-3)16-22(27-30)19-8-4-6-10-21(19)26/h4-11,18,23H,12-17H2,1-3H3. The SMILES string of the molecule is COc1ccccc1C1CC(c2ccccc2F)=NN1C(=O)CN(C)C1CCN(C)CC1. The van der Waals surface area contributed by atoms with Gasteiger partial charge in [0.05, 0.1) is 25.4 Å². The summed E-state index contributed by atoms with van der Waals surface area (Å²) < 4.78 is 20.1. The molecule has 1 unspecified atom stereocenters. The molecular weight excluding hydrogens is 407 g/mol. The molecule has 1 amide bonds. The van der Waals surface area contributed by atoms with Gasteiger partial charge >= 0.3 is 0 Å². The highest BCUT2D eigenvalue weighted by Gasteiger charge is 2.36. The molecule has 0 radical (unpaired) electrons. The quantitative estimate of drug-likeness (QED) is 0.692. The molecule has 0 saturated carbocycles. The second-order valence-electron chi connectivity index (χ2n) is 8.68. The molecule has 2 aromatic rings. The normalized spacial score (nSPS) is 20.0. The minimum atomic E-state index is -0.334. The molecule has 1 fully saturated rings. The van der Waals surface area contributed by atoms with Gasteiger partial charge in [-0.2, -0.15) is 5.10 Å². The number of hydrazone groups is 1. The zero-order chi connectivity index (χ0) is 22.7. The number of likely N-dealkylation sites (N-methyl/N-ethyl adjacent to an activating group) is 1. The average molecular weight is 439 g/mol. The van der Waals surface area contributed by atoms with Gasteiger partial charge in [0.1, 0.15) is 11.6 Å². The third-order valence-electron chi connectivity index (χ3n) is 6.54. The number of amides is 1. The molecule has 2 aliphatic rings. The number of hydrogen-bond donors (Lipinski definition) is 0. The van der Waals surface area contributed by atoms with Gasteiger partial charge in [-0.15, -0.1) is 0 Å². The molecule has 0 spiro atoms. The summed E-state index contributed by atoms with van der Waals surface area (Å²) >= 11 is 0. The predicted octanol–water partition coefficient (Wildman–Crippen LogP) is 3.54. The van der Waals surface area contributed by atoms with Crippen molar-refractivity contribution < 1.29 is 13.9 Å². The molecule has 2 aromatic carbocycles. The number of piperidine rings is 1. The zero-order valence-corrected chi connectivity index (χ0v) is 19.0. The third kappa shape index (κ3) is 4.69. The Morgan fingerprint density at radius 3 is 2.56 bits per heavy atom. The molecule has 0 aromatic heterocycles.